The van der Waals surface area contributed by atoms with Gasteiger partial charge in [-0.15, -0.1) is 6.58 Å². The molecule has 0 unspecified atom stereocenters. The molecule has 0 rings (SSSR count). The molecule has 0 aliphatic carbocycles. The minimum Gasteiger partial charge on any atom is -0.431 e. The zero-order valence-electron chi connectivity index (χ0n) is 8.40. The summed E-state index contributed by atoms with van der Waals surface area (Å²) < 4.78 is 5.62. The minimum atomic E-state index is -0.0822. The SMILES string of the molecule is BC(C)(C)C(C)(C)OBC=C. The Kier molecular flexibility index (Phi) is 3.43. The molecule has 0 radical (unpaired) electrons. The van der Waals surface area contributed by atoms with E-state index in [-0.39, 0.29) is 10.9 Å². The fourth-order valence-corrected chi connectivity index (χ4v) is 0.484. The standard InChI is InChI=1S/C8H18B2O/c1-6-10-11-8(4,5)7(2,3)9/h6,10H,1,9H2,2-5H3. The first kappa shape index (κ1) is 10.8. The van der Waals surface area contributed by atoms with Gasteiger partial charge in [-0.3, -0.25) is 0 Å². The Morgan fingerprint density at radius 1 is 1.36 bits per heavy atom. The monoisotopic (exact) mass is 152 g/mol. The fraction of sp³-hybridized carbons (Fsp3) is 0.750. The van der Waals surface area contributed by atoms with E-state index in [1.54, 1.807) is 5.98 Å². The fourth-order valence-electron chi connectivity index (χ4n) is 0.484. The molecule has 0 aromatic rings. The van der Waals surface area contributed by atoms with Crippen LogP contribution in [0, 0.1) is 0 Å². The van der Waals surface area contributed by atoms with Crippen molar-refractivity contribution in [3.63, 3.8) is 0 Å². The molecule has 0 saturated carbocycles. The van der Waals surface area contributed by atoms with Crippen LogP contribution in [0.15, 0.2) is 12.6 Å². The van der Waals surface area contributed by atoms with Crippen LogP contribution in [0.1, 0.15) is 27.7 Å². The lowest BCUT2D eigenvalue weighted by Crippen LogP contribution is -2.37. The van der Waals surface area contributed by atoms with Gasteiger partial charge >= 0.3 is 7.48 Å². The molecule has 0 atom stereocenters. The summed E-state index contributed by atoms with van der Waals surface area (Å²) in [5.74, 6) is 1.79. The van der Waals surface area contributed by atoms with Crippen molar-refractivity contribution in [2.24, 2.45) is 0 Å². The average molecular weight is 152 g/mol. The second kappa shape index (κ2) is 3.48. The van der Waals surface area contributed by atoms with E-state index in [0.717, 1.165) is 0 Å². The molecule has 62 valence electrons. The van der Waals surface area contributed by atoms with E-state index in [1.165, 1.54) is 0 Å². The molecule has 1 nitrogen and oxygen atoms in total. The van der Waals surface area contributed by atoms with E-state index < -0.39 is 0 Å². The molecule has 3 heteroatoms. The molecular formula is C8H18B2O. The van der Waals surface area contributed by atoms with Crippen molar-refractivity contribution in [1.82, 2.24) is 0 Å². The van der Waals surface area contributed by atoms with Gasteiger partial charge in [-0.25, -0.2) is 0 Å². The highest BCUT2D eigenvalue weighted by molar-refractivity contribution is 6.34. The Hall–Kier alpha value is -0.170. The summed E-state index contributed by atoms with van der Waals surface area (Å²) in [6, 6.07) is 0. The van der Waals surface area contributed by atoms with Crippen LogP contribution in [0.2, 0.25) is 5.31 Å². The van der Waals surface area contributed by atoms with Crippen molar-refractivity contribution in [2.45, 2.75) is 38.6 Å². The van der Waals surface area contributed by atoms with Crippen LogP contribution in [0.5, 0.6) is 0 Å². The largest absolute Gasteiger partial charge is 0.431 e. The third-order valence-electron chi connectivity index (χ3n) is 2.37. The Morgan fingerprint density at radius 3 is 2.09 bits per heavy atom. The predicted octanol–water partition coefficient (Wildman–Crippen LogP) is 1.11. The van der Waals surface area contributed by atoms with Crippen LogP contribution >= 0.6 is 0 Å². The first-order valence-electron chi connectivity index (χ1n) is 4.06. The molecule has 0 N–H and O–H groups in total. The summed E-state index contributed by atoms with van der Waals surface area (Å²) >= 11 is 0. The van der Waals surface area contributed by atoms with E-state index in [1.807, 2.05) is 0 Å². The van der Waals surface area contributed by atoms with E-state index in [0.29, 0.717) is 7.48 Å². The van der Waals surface area contributed by atoms with Crippen molar-refractivity contribution in [1.29, 1.82) is 0 Å². The van der Waals surface area contributed by atoms with Crippen LogP contribution in [0.25, 0.3) is 0 Å². The van der Waals surface area contributed by atoms with E-state index >= 15 is 0 Å². The van der Waals surface area contributed by atoms with Crippen LogP contribution in [-0.4, -0.2) is 20.9 Å². The molecule has 0 spiro atoms. The highest BCUT2D eigenvalue weighted by Crippen LogP contribution is 2.36. The zero-order valence-corrected chi connectivity index (χ0v) is 8.40. The maximum Gasteiger partial charge on any atom is 0.301 e. The smallest absolute Gasteiger partial charge is 0.301 e. The molecule has 0 heterocycles. The second-order valence-corrected chi connectivity index (χ2v) is 4.36. The Balaban J connectivity index is 4.10. The molecule has 0 aromatic heterocycles. The summed E-state index contributed by atoms with van der Waals surface area (Å²) in [7, 11) is 2.81. The van der Waals surface area contributed by atoms with Gasteiger partial charge in [-0.05, 0) is 19.2 Å². The molecule has 0 fully saturated rings. The van der Waals surface area contributed by atoms with E-state index in [2.05, 4.69) is 42.1 Å². The quantitative estimate of drug-likeness (QED) is 0.548. The molecule has 0 saturated heterocycles. The Bertz CT molecular complexity index is 136. The number of rotatable bonds is 4. The van der Waals surface area contributed by atoms with Crippen molar-refractivity contribution in [3.05, 3.63) is 12.6 Å². The average Bonchev–Trinajstić information content (AvgIpc) is 1.81. The maximum absolute atomic E-state index is 5.62. The van der Waals surface area contributed by atoms with Gasteiger partial charge in [0.15, 0.2) is 0 Å². The first-order chi connectivity index (χ1) is 4.81. The normalized spacial score (nSPS) is 12.7. The third-order valence-corrected chi connectivity index (χ3v) is 2.37. The topological polar surface area (TPSA) is 9.23 Å². The molecule has 0 aliphatic rings. The molecule has 0 aliphatic heterocycles. The predicted molar refractivity (Wildman–Crippen MR) is 55.1 cm³/mol. The van der Waals surface area contributed by atoms with Crippen LogP contribution in [-0.2, 0) is 4.65 Å². The Morgan fingerprint density at radius 2 is 1.82 bits per heavy atom. The summed E-state index contributed by atoms with van der Waals surface area (Å²) in [6.45, 7) is 12.2. The molecular weight excluding hydrogens is 134 g/mol. The van der Waals surface area contributed by atoms with Gasteiger partial charge in [0.05, 0.1) is 0 Å². The van der Waals surface area contributed by atoms with Crippen molar-refractivity contribution >= 4 is 15.3 Å². The van der Waals surface area contributed by atoms with Gasteiger partial charge in [-0.1, -0.05) is 19.8 Å². The second-order valence-electron chi connectivity index (χ2n) is 4.36. The summed E-state index contributed by atoms with van der Waals surface area (Å²) in [5.41, 5.74) is -0.0822. The van der Waals surface area contributed by atoms with E-state index in [9.17, 15) is 0 Å². The van der Waals surface area contributed by atoms with Crippen LogP contribution < -0.4 is 0 Å². The van der Waals surface area contributed by atoms with Gasteiger partial charge in [-0.2, -0.15) is 0 Å². The van der Waals surface area contributed by atoms with Crippen LogP contribution in [0.3, 0.4) is 0 Å². The zero-order chi connectivity index (χ0) is 9.12. The lowest BCUT2D eigenvalue weighted by atomic mass is 9.61. The van der Waals surface area contributed by atoms with Gasteiger partial charge in [0.25, 0.3) is 0 Å². The van der Waals surface area contributed by atoms with Crippen LogP contribution in [0.4, 0.5) is 0 Å². The van der Waals surface area contributed by atoms with Gasteiger partial charge in [0, 0.05) is 5.60 Å². The lowest BCUT2D eigenvalue weighted by molar-refractivity contribution is 0.0764. The van der Waals surface area contributed by atoms with Crippen molar-refractivity contribution < 1.29 is 4.65 Å². The summed E-state index contributed by atoms with van der Waals surface area (Å²) in [6.07, 6.45) is 0. The highest BCUT2D eigenvalue weighted by atomic mass is 16.5. The Labute approximate surface area is 71.9 Å². The highest BCUT2D eigenvalue weighted by Gasteiger charge is 2.32. The summed E-state index contributed by atoms with van der Waals surface area (Å²) in [4.78, 5) is 0. The minimum absolute atomic E-state index is 0.0822. The first-order valence-corrected chi connectivity index (χ1v) is 4.06. The molecule has 0 amide bonds. The van der Waals surface area contributed by atoms with E-state index in [4.69, 9.17) is 4.65 Å². The molecule has 11 heavy (non-hydrogen) atoms. The molecule has 0 bridgehead atoms. The van der Waals surface area contributed by atoms with Gasteiger partial charge in [0.1, 0.15) is 7.85 Å². The summed E-state index contributed by atoms with van der Waals surface area (Å²) in [5, 5.41) is 0.177. The van der Waals surface area contributed by atoms with Crippen molar-refractivity contribution in [2.75, 3.05) is 0 Å². The third kappa shape index (κ3) is 3.15. The maximum atomic E-state index is 5.62. The number of hydrogen-bond acceptors (Lipinski definition) is 1. The van der Waals surface area contributed by atoms with Gasteiger partial charge < -0.3 is 4.65 Å². The number of hydrogen-bond donors (Lipinski definition) is 0. The van der Waals surface area contributed by atoms with Crippen molar-refractivity contribution in [3.8, 4) is 0 Å². The lowest BCUT2D eigenvalue weighted by Gasteiger charge is -2.39. The molecule has 0 aromatic carbocycles. The van der Waals surface area contributed by atoms with Gasteiger partial charge in [0.2, 0.25) is 0 Å².